The zero-order valence-corrected chi connectivity index (χ0v) is 17.4. The molecule has 3 heterocycles. The Balaban J connectivity index is 1.85. The highest BCUT2D eigenvalue weighted by atomic mass is 16.5. The number of aromatic nitrogens is 3. The highest BCUT2D eigenvalue weighted by Gasteiger charge is 2.30. The quantitative estimate of drug-likeness (QED) is 0.661. The smallest absolute Gasteiger partial charge is 0.291 e. The molecule has 0 spiro atoms. The van der Waals surface area contributed by atoms with Crippen molar-refractivity contribution >= 4 is 23.4 Å². The lowest BCUT2D eigenvalue weighted by atomic mass is 9.99. The molecule has 1 amide bonds. The number of nitrogens with one attached hydrogen (secondary N) is 1. The minimum absolute atomic E-state index is 0.0613. The number of carbonyl (C=O) groups excluding carboxylic acids is 1. The van der Waals surface area contributed by atoms with E-state index in [9.17, 15) is 14.7 Å². The fourth-order valence-electron chi connectivity index (χ4n) is 3.80. The molecular formula is C21H29N5O4. The lowest BCUT2D eigenvalue weighted by molar-refractivity contribution is 0.0787. The molecule has 1 saturated heterocycles. The summed E-state index contributed by atoms with van der Waals surface area (Å²) in [7, 11) is 0. The van der Waals surface area contributed by atoms with Crippen molar-refractivity contribution in [3.05, 3.63) is 27.6 Å². The maximum absolute atomic E-state index is 13.1. The lowest BCUT2D eigenvalue weighted by Gasteiger charge is -2.19. The van der Waals surface area contributed by atoms with Gasteiger partial charge >= 0.3 is 0 Å². The van der Waals surface area contributed by atoms with E-state index in [2.05, 4.69) is 16.5 Å². The second-order valence-corrected chi connectivity index (χ2v) is 8.60. The molecule has 0 radical (unpaired) electrons. The first-order valence-corrected chi connectivity index (χ1v) is 10.6. The third kappa shape index (κ3) is 3.94. The molecule has 2 aromatic heterocycles. The number of hydrogen-bond donors (Lipinski definition) is 3. The largest absolute Gasteiger partial charge is 0.494 e. The van der Waals surface area contributed by atoms with Crippen LogP contribution in [0.1, 0.15) is 55.5 Å². The zero-order valence-electron chi connectivity index (χ0n) is 17.4. The Hall–Kier alpha value is -2.81. The predicted octanol–water partition coefficient (Wildman–Crippen LogP) is 1.77. The van der Waals surface area contributed by atoms with E-state index in [4.69, 9.17) is 10.5 Å². The average molecular weight is 415 g/mol. The summed E-state index contributed by atoms with van der Waals surface area (Å²) >= 11 is 0. The fourth-order valence-corrected chi connectivity index (χ4v) is 3.80. The van der Waals surface area contributed by atoms with Crippen molar-refractivity contribution in [2.45, 2.75) is 52.1 Å². The van der Waals surface area contributed by atoms with Crippen LogP contribution in [0.15, 0.2) is 10.9 Å². The van der Waals surface area contributed by atoms with Gasteiger partial charge in [-0.1, -0.05) is 26.0 Å². The van der Waals surface area contributed by atoms with Gasteiger partial charge in [0.15, 0.2) is 17.0 Å². The number of fused-ring (bicyclic) bond motifs is 1. The van der Waals surface area contributed by atoms with Crippen LogP contribution in [0.5, 0.6) is 5.88 Å². The minimum atomic E-state index is -0.668. The Morgan fingerprint density at radius 1 is 1.33 bits per heavy atom. The first-order chi connectivity index (χ1) is 14.4. The van der Waals surface area contributed by atoms with Gasteiger partial charge in [-0.3, -0.25) is 14.2 Å². The number of nitrogens with zero attached hydrogens (tertiary/aromatic N) is 3. The highest BCUT2D eigenvalue weighted by molar-refractivity contribution is 5.97. The fraction of sp³-hybridized carbons (Fsp3) is 0.571. The molecule has 0 atom stereocenters. The Morgan fingerprint density at radius 2 is 2.03 bits per heavy atom. The molecule has 162 valence electrons. The van der Waals surface area contributed by atoms with E-state index in [1.165, 1.54) is 0 Å². The number of allylic oxidation sites excluding steroid dienone is 1. The molecule has 1 aliphatic heterocycles. The zero-order chi connectivity index (χ0) is 21.4. The Morgan fingerprint density at radius 3 is 2.67 bits per heavy atom. The predicted molar refractivity (Wildman–Crippen MR) is 113 cm³/mol. The van der Waals surface area contributed by atoms with Gasteiger partial charge in [0.1, 0.15) is 0 Å². The number of aromatic hydroxyl groups is 1. The number of nitrogen functional groups attached to an aromatic ring is 1. The van der Waals surface area contributed by atoms with Crippen molar-refractivity contribution in [2.75, 3.05) is 18.9 Å². The van der Waals surface area contributed by atoms with Gasteiger partial charge in [-0.15, -0.1) is 5.10 Å². The number of amides is 1. The standard InChI is InChI=1S/C21H29N5O4/c1-12(2)11-25-19-15(6-3-13-7-9-30-10-8-13)17(22)24-26(19)21(29)16(20(25)28)18(27)23-14-4-5-14/h3,6,12-14,28H,4-5,7-11H2,1-2H3,(H2,22,24)(H,23,27). The molecule has 2 aromatic rings. The topological polar surface area (TPSA) is 124 Å². The summed E-state index contributed by atoms with van der Waals surface area (Å²) in [5, 5.41) is 17.9. The molecule has 1 aliphatic carbocycles. The van der Waals surface area contributed by atoms with Gasteiger partial charge in [0.05, 0.1) is 5.56 Å². The van der Waals surface area contributed by atoms with Gasteiger partial charge in [0, 0.05) is 25.8 Å². The van der Waals surface area contributed by atoms with E-state index in [0.717, 1.165) is 43.4 Å². The SMILES string of the molecule is CC(C)Cn1c(O)c(C(=O)NC2CC2)c(=O)n2nc(N)c(C=CC3CCOCC3)c12. The number of carbonyl (C=O) groups is 1. The molecule has 4 rings (SSSR count). The average Bonchev–Trinajstić information content (AvgIpc) is 3.45. The van der Waals surface area contributed by atoms with Crippen LogP contribution in [0.3, 0.4) is 0 Å². The summed E-state index contributed by atoms with van der Waals surface area (Å²) < 4.78 is 8.11. The molecule has 9 nitrogen and oxygen atoms in total. The summed E-state index contributed by atoms with van der Waals surface area (Å²) in [6, 6.07) is 0.0613. The van der Waals surface area contributed by atoms with Crippen molar-refractivity contribution in [1.82, 2.24) is 19.5 Å². The third-order valence-electron chi connectivity index (χ3n) is 5.55. The molecule has 0 aromatic carbocycles. The Bertz CT molecular complexity index is 1040. The van der Waals surface area contributed by atoms with Crippen LogP contribution in [-0.2, 0) is 11.3 Å². The van der Waals surface area contributed by atoms with Crippen molar-refractivity contribution in [1.29, 1.82) is 0 Å². The van der Waals surface area contributed by atoms with Crippen molar-refractivity contribution in [2.24, 2.45) is 11.8 Å². The normalized spacial score (nSPS) is 18.0. The highest BCUT2D eigenvalue weighted by Crippen LogP contribution is 2.28. The van der Waals surface area contributed by atoms with Gasteiger partial charge in [-0.2, -0.15) is 4.52 Å². The Kier molecular flexibility index (Phi) is 5.55. The molecule has 4 N–H and O–H groups in total. The molecule has 30 heavy (non-hydrogen) atoms. The third-order valence-corrected chi connectivity index (χ3v) is 5.55. The monoisotopic (exact) mass is 415 g/mol. The van der Waals surface area contributed by atoms with Gasteiger partial charge in [-0.05, 0) is 37.5 Å². The van der Waals surface area contributed by atoms with Crippen LogP contribution in [0.4, 0.5) is 5.82 Å². The van der Waals surface area contributed by atoms with Crippen LogP contribution in [0.2, 0.25) is 0 Å². The van der Waals surface area contributed by atoms with Gasteiger partial charge in [0.25, 0.3) is 11.5 Å². The van der Waals surface area contributed by atoms with Gasteiger partial charge in [0.2, 0.25) is 5.88 Å². The first-order valence-electron chi connectivity index (χ1n) is 10.6. The molecule has 2 aliphatic rings. The molecular weight excluding hydrogens is 386 g/mol. The number of hydrogen-bond acceptors (Lipinski definition) is 6. The van der Waals surface area contributed by atoms with E-state index in [0.29, 0.717) is 23.7 Å². The second-order valence-electron chi connectivity index (χ2n) is 8.60. The summed E-state index contributed by atoms with van der Waals surface area (Å²) in [4.78, 5) is 25.7. The Labute approximate surface area is 174 Å². The second kappa shape index (κ2) is 8.14. The summed E-state index contributed by atoms with van der Waals surface area (Å²) in [6.07, 6.45) is 7.53. The molecule has 9 heteroatoms. The maximum atomic E-state index is 13.1. The molecule has 1 saturated carbocycles. The van der Waals surface area contributed by atoms with Crippen LogP contribution in [0, 0.1) is 11.8 Å². The number of nitrogens with two attached hydrogens (primary N) is 1. The first kappa shape index (κ1) is 20.5. The van der Waals surface area contributed by atoms with E-state index < -0.39 is 11.5 Å². The van der Waals surface area contributed by atoms with Gasteiger partial charge in [-0.25, -0.2) is 0 Å². The summed E-state index contributed by atoms with van der Waals surface area (Å²) in [6.45, 7) is 5.84. The molecule has 0 unspecified atom stereocenters. The summed E-state index contributed by atoms with van der Waals surface area (Å²) in [5.74, 6) is -0.222. The van der Waals surface area contributed by atoms with E-state index in [1.807, 2.05) is 19.9 Å². The van der Waals surface area contributed by atoms with E-state index in [1.54, 1.807) is 4.57 Å². The molecule has 2 fully saturated rings. The summed E-state index contributed by atoms with van der Waals surface area (Å²) in [5.41, 5.74) is 6.17. The van der Waals surface area contributed by atoms with Crippen molar-refractivity contribution in [3.63, 3.8) is 0 Å². The van der Waals surface area contributed by atoms with Crippen LogP contribution in [-0.4, -0.2) is 44.5 Å². The van der Waals surface area contributed by atoms with Crippen LogP contribution < -0.4 is 16.6 Å². The maximum Gasteiger partial charge on any atom is 0.291 e. The van der Waals surface area contributed by atoms with Crippen molar-refractivity contribution < 1.29 is 14.6 Å². The number of ether oxygens (including phenoxy) is 1. The van der Waals surface area contributed by atoms with E-state index >= 15 is 0 Å². The van der Waals surface area contributed by atoms with Gasteiger partial charge < -0.3 is 20.9 Å². The minimum Gasteiger partial charge on any atom is -0.494 e. The molecule has 0 bridgehead atoms. The van der Waals surface area contributed by atoms with Crippen LogP contribution in [0.25, 0.3) is 11.7 Å². The number of rotatable bonds is 6. The lowest BCUT2D eigenvalue weighted by Crippen LogP contribution is -2.34. The van der Waals surface area contributed by atoms with E-state index in [-0.39, 0.29) is 29.2 Å². The van der Waals surface area contributed by atoms with Crippen molar-refractivity contribution in [3.8, 4) is 5.88 Å². The van der Waals surface area contributed by atoms with Crippen LogP contribution >= 0.6 is 0 Å². The number of anilines is 1.